The van der Waals surface area contributed by atoms with Crippen LogP contribution in [-0.4, -0.2) is 293 Å². The number of unbranched alkanes of at least 4 members (excludes halogenated alkanes) is 3. The highest BCUT2D eigenvalue weighted by molar-refractivity contribution is 7.98. The quantitative estimate of drug-likeness (QED) is 0.0221. The Balaban J connectivity index is 1.35. The van der Waals surface area contributed by atoms with Crippen LogP contribution in [0, 0.1) is 0 Å². The lowest BCUT2D eigenvalue weighted by atomic mass is 10.1. The van der Waals surface area contributed by atoms with Gasteiger partial charge in [0.05, 0.1) is 78.5 Å². The van der Waals surface area contributed by atoms with E-state index in [0.717, 1.165) is 31.4 Å². The Hall–Kier alpha value is -10.2. The second-order valence-electron chi connectivity index (χ2n) is 29.7. The number of carbonyl (C=O) groups is 10. The lowest BCUT2D eigenvalue weighted by Crippen LogP contribution is -2.53. The highest BCUT2D eigenvalue weighted by Gasteiger charge is 2.33. The summed E-state index contributed by atoms with van der Waals surface area (Å²) in [5.74, 6) is -7.44. The molecule has 0 spiro atoms. The fourth-order valence-electron chi connectivity index (χ4n) is 13.0. The maximum Gasteiger partial charge on any atom is 0.326 e. The van der Waals surface area contributed by atoms with Crippen LogP contribution in [0.25, 0.3) is 0 Å². The van der Waals surface area contributed by atoms with Crippen molar-refractivity contribution in [2.75, 3.05) is 149 Å². The van der Waals surface area contributed by atoms with Gasteiger partial charge in [0.25, 0.3) is 0 Å². The van der Waals surface area contributed by atoms with Gasteiger partial charge in [0.1, 0.15) is 6.04 Å². The van der Waals surface area contributed by atoms with E-state index in [1.54, 1.807) is 66.9 Å². The standard InChI is InChI=1S/C83H117N17O19S5/c1-120-53-40-73(83(110)111)92-74(101)55-93(45-11-8-41-84)76(103)59-99(51-38-67-22-30-71(31-23-67)123(89,116)117)81(108)62-100(52-39-68-24-32-72(33-25-68)124(90,118)119)82(109)61-98(50-36-64-16-6-3-7-17-64)80(107)60-97(49-35-63-14-4-2-5-15-63)79(106)57-95(47-13-10-43-86)77(104)56-94(46-12-9-42-85)78(105)58-96(48-37-66-20-28-70(29-21-66)122(88,114)115)75(102)54-91-44-34-65-18-26-69(27-19-65)121(87,112)113/h2-7,14-33,73,91H,8-13,34-62,84-86H2,1H3,(H,92,101)(H,110,111)(H2,87,112,113)(H2,88,114,115)(H2,89,116,117)(H2,90,118,119). The molecule has 0 fully saturated rings. The maximum atomic E-state index is 15.6. The van der Waals surface area contributed by atoms with E-state index in [-0.39, 0.29) is 150 Å². The van der Waals surface area contributed by atoms with Crippen LogP contribution in [0.3, 0.4) is 0 Å². The number of thioether (sulfide) groups is 1. The third-order valence-corrected chi connectivity index (χ3v) is 24.6. The first kappa shape index (κ1) is 103. The number of aliphatic carboxylic acids is 1. The maximum absolute atomic E-state index is 15.6. The van der Waals surface area contributed by atoms with Crippen molar-refractivity contribution >= 4 is 111 Å². The fourth-order valence-corrected chi connectivity index (χ4v) is 15.5. The van der Waals surface area contributed by atoms with Crippen LogP contribution in [0.1, 0.15) is 78.3 Å². The summed E-state index contributed by atoms with van der Waals surface area (Å²) >= 11 is 1.36. The molecule has 678 valence electrons. The molecule has 6 aromatic carbocycles. The molecule has 0 radical (unpaired) electrons. The number of amides is 9. The number of sulfonamides is 4. The van der Waals surface area contributed by atoms with Gasteiger partial charge in [0, 0.05) is 52.4 Å². The van der Waals surface area contributed by atoms with E-state index in [9.17, 15) is 62.8 Å². The van der Waals surface area contributed by atoms with E-state index >= 15 is 24.0 Å². The van der Waals surface area contributed by atoms with Gasteiger partial charge in [-0.05, 0) is 204 Å². The van der Waals surface area contributed by atoms with Crippen molar-refractivity contribution in [1.29, 1.82) is 0 Å². The number of hydrogen-bond donors (Lipinski definition) is 10. The summed E-state index contributed by atoms with van der Waals surface area (Å²) in [6, 6.07) is 39.1. The second-order valence-corrected chi connectivity index (χ2v) is 36.9. The highest BCUT2D eigenvalue weighted by atomic mass is 32.2. The topological polar surface area (TPSA) is 560 Å². The van der Waals surface area contributed by atoms with Crippen LogP contribution >= 0.6 is 11.8 Å². The minimum Gasteiger partial charge on any atom is -0.480 e. The van der Waals surface area contributed by atoms with Gasteiger partial charge in [-0.25, -0.2) is 59.0 Å². The lowest BCUT2D eigenvalue weighted by Gasteiger charge is -2.33. The summed E-state index contributed by atoms with van der Waals surface area (Å²) in [6.07, 6.45) is 4.75. The molecule has 6 rings (SSSR count). The van der Waals surface area contributed by atoms with Crippen molar-refractivity contribution in [3.63, 3.8) is 0 Å². The molecule has 41 heteroatoms. The molecule has 36 nitrogen and oxygen atoms in total. The third kappa shape index (κ3) is 37.0. The number of benzene rings is 6. The number of hydrogen-bond acceptors (Lipinski definition) is 23. The van der Waals surface area contributed by atoms with Crippen LogP contribution in [0.2, 0.25) is 0 Å². The number of nitrogens with two attached hydrogens (primary N) is 7. The van der Waals surface area contributed by atoms with Gasteiger partial charge in [0.2, 0.25) is 93.3 Å². The summed E-state index contributed by atoms with van der Waals surface area (Å²) in [5, 5.41) is 37.0. The summed E-state index contributed by atoms with van der Waals surface area (Å²) in [6.45, 7) is -5.67. The summed E-state index contributed by atoms with van der Waals surface area (Å²) in [7, 11) is -16.3. The Morgan fingerprint density at radius 3 is 0.823 bits per heavy atom. The Kier molecular flexibility index (Phi) is 43.0. The number of carboxylic acid groups (broad SMARTS) is 1. The Labute approximate surface area is 730 Å². The number of nitrogens with zero attached hydrogens (tertiary/aromatic N) is 8. The molecule has 0 saturated heterocycles. The van der Waals surface area contributed by atoms with Crippen molar-refractivity contribution in [3.8, 4) is 0 Å². The zero-order valence-corrected chi connectivity index (χ0v) is 73.9. The van der Waals surface area contributed by atoms with E-state index in [1.165, 1.54) is 121 Å². The number of carboxylic acids is 1. The van der Waals surface area contributed by atoms with Crippen molar-refractivity contribution < 1.29 is 86.7 Å². The number of rotatable bonds is 57. The molecule has 0 aliphatic carbocycles. The van der Waals surface area contributed by atoms with Crippen molar-refractivity contribution in [2.45, 2.75) is 109 Å². The summed E-state index contributed by atoms with van der Waals surface area (Å²) < 4.78 is 97.4. The molecule has 17 N–H and O–H groups in total. The Bertz CT molecular complexity index is 4960. The first-order valence-corrected chi connectivity index (χ1v) is 48.1. The van der Waals surface area contributed by atoms with E-state index in [0.29, 0.717) is 61.0 Å². The molecule has 0 saturated carbocycles. The van der Waals surface area contributed by atoms with E-state index in [1.807, 2.05) is 12.1 Å². The molecule has 1 atom stereocenters. The zero-order chi connectivity index (χ0) is 91.0. The molecule has 124 heavy (non-hydrogen) atoms. The average Bonchev–Trinajstić information content (AvgIpc) is 0.820. The predicted molar refractivity (Wildman–Crippen MR) is 469 cm³/mol. The number of nitrogens with one attached hydrogen (secondary N) is 2. The fraction of sp³-hybridized carbons (Fsp3) is 0.446. The van der Waals surface area contributed by atoms with Gasteiger partial charge >= 0.3 is 5.97 Å². The van der Waals surface area contributed by atoms with E-state index in [2.05, 4.69) is 10.6 Å². The van der Waals surface area contributed by atoms with Gasteiger partial charge in [0.15, 0.2) is 0 Å². The van der Waals surface area contributed by atoms with Gasteiger partial charge in [-0.15, -0.1) is 0 Å². The molecule has 6 aromatic rings. The Morgan fingerprint density at radius 2 is 0.573 bits per heavy atom. The van der Waals surface area contributed by atoms with Crippen LogP contribution < -0.4 is 48.4 Å². The zero-order valence-electron chi connectivity index (χ0n) is 69.8. The first-order valence-electron chi connectivity index (χ1n) is 40.5. The second kappa shape index (κ2) is 52.0. The summed E-state index contributed by atoms with van der Waals surface area (Å²) in [5.41, 5.74) is 21.5. The Morgan fingerprint density at radius 1 is 0.331 bits per heavy atom. The number of primary sulfonamides is 4. The molecule has 0 bridgehead atoms. The van der Waals surface area contributed by atoms with Crippen LogP contribution in [-0.2, 0) is 127 Å². The molecular weight excluding hydrogens is 1700 g/mol. The van der Waals surface area contributed by atoms with Crippen LogP contribution in [0.15, 0.2) is 177 Å². The lowest BCUT2D eigenvalue weighted by molar-refractivity contribution is -0.148. The molecule has 9 amide bonds. The third-order valence-electron chi connectivity index (χ3n) is 20.2. The average molecular weight is 1820 g/mol. The molecular formula is C83H117N17O19S5. The van der Waals surface area contributed by atoms with Gasteiger partial charge < -0.3 is 72.1 Å². The molecule has 0 aliphatic rings. The molecule has 1 unspecified atom stereocenters. The van der Waals surface area contributed by atoms with Crippen molar-refractivity contribution in [2.24, 2.45) is 37.8 Å². The monoisotopic (exact) mass is 1820 g/mol. The number of carbonyl (C=O) groups excluding carboxylic acids is 9. The van der Waals surface area contributed by atoms with Crippen LogP contribution in [0.5, 0.6) is 0 Å². The summed E-state index contributed by atoms with van der Waals surface area (Å²) in [4.78, 5) is 156. The van der Waals surface area contributed by atoms with E-state index < -0.39 is 158 Å². The first-order chi connectivity index (χ1) is 58.9. The SMILES string of the molecule is CSCCC(NC(=O)CN(CCCCN)C(=O)CN(CCc1ccc(S(N)(=O)=O)cc1)C(=O)CN(CCc1ccc(S(N)(=O)=O)cc1)C(=O)CN(CCc1ccccc1)C(=O)CN(CCc1ccccc1)C(=O)CN(CCCCN)C(=O)CN(CCCCN)C(=O)CN(CCc1ccc(S(N)(=O)=O)cc1)C(=O)CNCCc1ccc(S(N)(=O)=O)cc1)C(=O)O. The van der Waals surface area contributed by atoms with E-state index in [4.69, 9.17) is 37.8 Å². The minimum atomic E-state index is -4.16. The van der Waals surface area contributed by atoms with Gasteiger partial charge in [-0.2, -0.15) is 11.8 Å². The van der Waals surface area contributed by atoms with Crippen molar-refractivity contribution in [1.82, 2.24) is 49.8 Å². The normalized spacial score (nSPS) is 11.9. The highest BCUT2D eigenvalue weighted by Crippen LogP contribution is 2.18. The van der Waals surface area contributed by atoms with Gasteiger partial charge in [-0.3, -0.25) is 43.2 Å². The van der Waals surface area contributed by atoms with Gasteiger partial charge in [-0.1, -0.05) is 109 Å². The molecule has 0 heterocycles. The predicted octanol–water partition coefficient (Wildman–Crippen LogP) is -0.210. The minimum absolute atomic E-state index is 0.0144. The molecule has 0 aliphatic heterocycles. The van der Waals surface area contributed by atoms with Crippen LogP contribution in [0.4, 0.5) is 0 Å². The van der Waals surface area contributed by atoms with Crippen molar-refractivity contribution in [3.05, 3.63) is 191 Å². The smallest absolute Gasteiger partial charge is 0.326 e. The largest absolute Gasteiger partial charge is 0.480 e. The molecule has 0 aromatic heterocycles.